The van der Waals surface area contributed by atoms with Gasteiger partial charge in [-0.1, -0.05) is 0 Å². The molecular weight excluding hydrogens is 839 g/mol. The molecule has 7 rings (SSSR count). The second-order valence-electron chi connectivity index (χ2n) is 12.8. The van der Waals surface area contributed by atoms with Gasteiger partial charge in [-0.05, 0) is 73.5 Å². The maximum absolute atomic E-state index is 13.6. The number of anilines is 2. The van der Waals surface area contributed by atoms with Crippen LogP contribution in [0, 0.1) is 34.9 Å². The van der Waals surface area contributed by atoms with Crippen molar-refractivity contribution >= 4 is 25.4 Å². The SMILES string of the molecule is Cn1nc(C(F)(F)F)cc1-c1ccc(NC(=O)c2c(F)ccc(F)c2F)nc1.Cn1nc(C(F)(F)F)cc1-c1ccc(NCc2c(F)ccc(F)c2F)nc1.[B]C1CCCO1. The minimum absolute atomic E-state index is 0.0463. The van der Waals surface area contributed by atoms with Crippen LogP contribution in [-0.2, 0) is 37.7 Å². The number of nitrogens with zero attached hydrogens (tertiary/aromatic N) is 6. The second-order valence-corrected chi connectivity index (χ2v) is 12.8. The number of hydrogen-bond acceptors (Lipinski definition) is 7. The van der Waals surface area contributed by atoms with Crippen LogP contribution >= 0.6 is 0 Å². The van der Waals surface area contributed by atoms with Crippen molar-refractivity contribution in [3.63, 3.8) is 0 Å². The fraction of sp³-hybridized carbons (Fsp3) is 0.237. The number of pyridine rings is 2. The van der Waals surface area contributed by atoms with E-state index in [2.05, 4.69) is 30.8 Å². The number of benzene rings is 2. The van der Waals surface area contributed by atoms with Gasteiger partial charge in [0.1, 0.15) is 36.7 Å². The van der Waals surface area contributed by atoms with E-state index in [9.17, 15) is 57.5 Å². The van der Waals surface area contributed by atoms with E-state index in [0.29, 0.717) is 23.8 Å². The smallest absolute Gasteiger partial charge is 0.388 e. The van der Waals surface area contributed by atoms with Gasteiger partial charge in [-0.25, -0.2) is 36.3 Å². The van der Waals surface area contributed by atoms with E-state index < -0.39 is 75.7 Å². The minimum atomic E-state index is -4.61. The Morgan fingerprint density at radius 3 is 1.64 bits per heavy atom. The molecule has 1 aliphatic heterocycles. The van der Waals surface area contributed by atoms with Crippen molar-refractivity contribution in [3.05, 3.63) is 130 Å². The molecule has 2 N–H and O–H groups in total. The van der Waals surface area contributed by atoms with Gasteiger partial charge in [0, 0.05) is 62.3 Å². The molecule has 0 aliphatic carbocycles. The molecule has 0 spiro atoms. The summed E-state index contributed by atoms with van der Waals surface area (Å²) in [6.45, 7) is 0.507. The highest BCUT2D eigenvalue weighted by molar-refractivity contribution is 6.11. The van der Waals surface area contributed by atoms with Crippen molar-refractivity contribution in [2.24, 2.45) is 14.1 Å². The van der Waals surface area contributed by atoms with E-state index in [4.69, 9.17) is 12.6 Å². The summed E-state index contributed by atoms with van der Waals surface area (Å²) in [6, 6.07) is 9.84. The van der Waals surface area contributed by atoms with E-state index in [0.717, 1.165) is 53.2 Å². The topological polar surface area (TPSA) is 112 Å². The summed E-state index contributed by atoms with van der Waals surface area (Å²) in [5.74, 6) is -8.89. The molecule has 6 aromatic rings. The third-order valence-electron chi connectivity index (χ3n) is 8.52. The number of hydrogen-bond donors (Lipinski definition) is 2. The van der Waals surface area contributed by atoms with Crippen LogP contribution in [0.5, 0.6) is 0 Å². The van der Waals surface area contributed by atoms with Gasteiger partial charge in [-0.3, -0.25) is 14.2 Å². The number of rotatable bonds is 7. The number of amides is 1. The van der Waals surface area contributed by atoms with Crippen molar-refractivity contribution < 1.29 is 62.2 Å². The largest absolute Gasteiger partial charge is 0.435 e. The Morgan fingerprint density at radius 1 is 0.721 bits per heavy atom. The molecule has 1 saturated heterocycles. The van der Waals surface area contributed by atoms with Gasteiger partial charge in [0.2, 0.25) is 0 Å². The lowest BCUT2D eigenvalue weighted by Gasteiger charge is -2.09. The lowest BCUT2D eigenvalue weighted by molar-refractivity contribution is -0.142. The van der Waals surface area contributed by atoms with Crippen molar-refractivity contribution in [1.29, 1.82) is 0 Å². The highest BCUT2D eigenvalue weighted by atomic mass is 19.4. The predicted octanol–water partition coefficient (Wildman–Crippen LogP) is 8.99. The Balaban J connectivity index is 0.000000203. The molecule has 1 atom stereocenters. The van der Waals surface area contributed by atoms with Crippen molar-refractivity contribution in [2.45, 2.75) is 37.7 Å². The number of nitrogens with one attached hydrogen (secondary N) is 2. The quantitative estimate of drug-likeness (QED) is 0.0937. The first-order valence-electron chi connectivity index (χ1n) is 17.5. The summed E-state index contributed by atoms with van der Waals surface area (Å²) >= 11 is 0. The Kier molecular flexibility index (Phi) is 14.2. The first-order valence-corrected chi connectivity index (χ1v) is 17.5. The fourth-order valence-corrected chi connectivity index (χ4v) is 5.45. The Hall–Kier alpha value is -6.39. The lowest BCUT2D eigenvalue weighted by atomic mass is 9.98. The van der Waals surface area contributed by atoms with Crippen molar-refractivity contribution in [1.82, 2.24) is 29.5 Å². The van der Waals surface area contributed by atoms with Gasteiger partial charge in [0.25, 0.3) is 5.91 Å². The molecule has 61 heavy (non-hydrogen) atoms. The first kappa shape index (κ1) is 45.7. The molecule has 1 fully saturated rings. The molecule has 1 unspecified atom stereocenters. The minimum Gasteiger partial charge on any atom is -0.388 e. The number of aryl methyl sites for hydroxylation is 2. The van der Waals surface area contributed by atoms with Gasteiger partial charge in [-0.2, -0.15) is 36.5 Å². The maximum atomic E-state index is 13.6. The first-order chi connectivity index (χ1) is 28.6. The Labute approximate surface area is 339 Å². The number of halogens is 12. The molecule has 1 amide bonds. The molecule has 0 saturated carbocycles. The zero-order chi connectivity index (χ0) is 44.8. The van der Waals surface area contributed by atoms with Crippen LogP contribution in [0.1, 0.15) is 40.2 Å². The van der Waals surface area contributed by atoms with Crippen LogP contribution in [0.3, 0.4) is 0 Å². The molecule has 0 bridgehead atoms. The van der Waals surface area contributed by atoms with Crippen LogP contribution in [0.15, 0.2) is 73.1 Å². The molecule has 1 aliphatic rings. The van der Waals surface area contributed by atoms with E-state index in [-0.39, 0.29) is 41.1 Å². The highest BCUT2D eigenvalue weighted by Gasteiger charge is 2.35. The lowest BCUT2D eigenvalue weighted by Crippen LogP contribution is -2.17. The van der Waals surface area contributed by atoms with E-state index in [1.165, 1.54) is 44.6 Å². The molecule has 2 aromatic carbocycles. The number of alkyl halides is 6. The van der Waals surface area contributed by atoms with Crippen LogP contribution in [-0.4, -0.2) is 55.9 Å². The Morgan fingerprint density at radius 2 is 1.21 bits per heavy atom. The monoisotopic (exact) mass is 868 g/mol. The van der Waals surface area contributed by atoms with Crippen molar-refractivity contribution in [3.8, 4) is 22.5 Å². The predicted molar refractivity (Wildman–Crippen MR) is 196 cm³/mol. The summed E-state index contributed by atoms with van der Waals surface area (Å²) in [7, 11) is 8.00. The molecule has 5 heterocycles. The van der Waals surface area contributed by atoms with Crippen LogP contribution in [0.2, 0.25) is 0 Å². The van der Waals surface area contributed by atoms with Crippen molar-refractivity contribution in [2.75, 3.05) is 17.2 Å². The maximum Gasteiger partial charge on any atom is 0.435 e. The molecule has 320 valence electrons. The summed E-state index contributed by atoms with van der Waals surface area (Å²) in [5, 5.41) is 11.5. The molecule has 10 nitrogen and oxygen atoms in total. The summed E-state index contributed by atoms with van der Waals surface area (Å²) in [5.41, 5.74) is -2.78. The van der Waals surface area contributed by atoms with Gasteiger partial charge >= 0.3 is 12.4 Å². The van der Waals surface area contributed by atoms with Crippen LogP contribution in [0.4, 0.5) is 64.3 Å². The average molecular weight is 868 g/mol. The standard InChI is InChI=1S/C17H10F6N4O.C17H12F6N4.C4H7BO/c1-27-11(6-12(26-27)17(21,22)23)8-2-5-13(24-7-8)25-16(28)14-9(18)3-4-10(19)15(14)20;1-27-13(6-14(26-27)17(21,22)23)9-2-5-15(24-7-9)25-8-10-11(18)3-4-12(19)16(10)20;5-4-2-1-3-6-4/h2-7H,1H3,(H,24,25,28);2-7H,8H2,1H3,(H,24,25);4H,1-3H2. The number of carbonyl (C=O) groups excluding carboxylic acids is 1. The van der Waals surface area contributed by atoms with Gasteiger partial charge in [0.05, 0.1) is 11.4 Å². The fourth-order valence-electron chi connectivity index (χ4n) is 5.45. The normalized spacial score (nSPS) is 13.8. The zero-order valence-corrected chi connectivity index (χ0v) is 31.4. The number of carbonyl (C=O) groups is 1. The zero-order valence-electron chi connectivity index (χ0n) is 31.4. The summed E-state index contributed by atoms with van der Waals surface area (Å²) < 4.78 is 164. The highest BCUT2D eigenvalue weighted by Crippen LogP contribution is 2.33. The molecule has 2 radical (unpaired) electrons. The molecule has 23 heteroatoms. The van der Waals surface area contributed by atoms with Crippen LogP contribution in [0.25, 0.3) is 22.5 Å². The molecule has 4 aromatic heterocycles. The van der Waals surface area contributed by atoms with E-state index in [1.54, 1.807) is 0 Å². The summed E-state index contributed by atoms with van der Waals surface area (Å²) in [6.07, 6.45) is -4.56. The summed E-state index contributed by atoms with van der Waals surface area (Å²) in [4.78, 5) is 19.8. The van der Waals surface area contributed by atoms with E-state index >= 15 is 0 Å². The third-order valence-corrected chi connectivity index (χ3v) is 8.52. The van der Waals surface area contributed by atoms with Gasteiger partial charge in [-0.15, -0.1) is 0 Å². The number of aromatic nitrogens is 6. The Bertz CT molecular complexity index is 2470. The van der Waals surface area contributed by atoms with Gasteiger partial charge < -0.3 is 15.4 Å². The van der Waals surface area contributed by atoms with Crippen LogP contribution < -0.4 is 10.6 Å². The number of ether oxygens (including phenoxy) is 1. The second kappa shape index (κ2) is 18.9. The molecular formula is C38H29BF12N8O2. The average Bonchev–Trinajstić information content (AvgIpc) is 3.96. The van der Waals surface area contributed by atoms with E-state index in [1.807, 2.05) is 0 Å². The van der Waals surface area contributed by atoms with Gasteiger partial charge in [0.15, 0.2) is 34.7 Å². The third kappa shape index (κ3) is 11.5.